The molecule has 2 heterocycles. The summed E-state index contributed by atoms with van der Waals surface area (Å²) < 4.78 is 0. The highest BCUT2D eigenvalue weighted by Gasteiger charge is 2.11. The van der Waals surface area contributed by atoms with Crippen LogP contribution >= 0.6 is 0 Å². The van der Waals surface area contributed by atoms with E-state index < -0.39 is 0 Å². The van der Waals surface area contributed by atoms with Crippen molar-refractivity contribution in [3.63, 3.8) is 0 Å². The van der Waals surface area contributed by atoms with Gasteiger partial charge >= 0.3 is 0 Å². The molecule has 0 aliphatic carbocycles. The number of anilines is 2. The van der Waals surface area contributed by atoms with Gasteiger partial charge in [0.25, 0.3) is 5.91 Å². The van der Waals surface area contributed by atoms with Gasteiger partial charge in [-0.05, 0) is 13.0 Å². The molecule has 0 spiro atoms. The molecule has 1 amide bonds. The largest absolute Gasteiger partial charge is 0.385 e. The predicted octanol–water partition coefficient (Wildman–Crippen LogP) is 1.56. The van der Waals surface area contributed by atoms with Crippen molar-refractivity contribution in [1.82, 2.24) is 15.0 Å². The van der Waals surface area contributed by atoms with Gasteiger partial charge in [0.1, 0.15) is 0 Å². The Labute approximate surface area is 105 Å². The fraction of sp³-hybridized carbons (Fsp3) is 0.167. The van der Waals surface area contributed by atoms with Crippen LogP contribution in [-0.4, -0.2) is 27.4 Å². The standard InChI is InChI=1S/C12H13N5O/c1-2-15-10-3-4-13-7-9(10)12(18)17-11-8-14-5-6-16-11/h3-8H,2H2,1H3,(H,13,15)(H,16,17,18). The van der Waals surface area contributed by atoms with Gasteiger partial charge in [0.15, 0.2) is 5.82 Å². The van der Waals surface area contributed by atoms with Gasteiger partial charge in [-0.1, -0.05) is 0 Å². The molecule has 18 heavy (non-hydrogen) atoms. The lowest BCUT2D eigenvalue weighted by atomic mass is 10.2. The molecular weight excluding hydrogens is 230 g/mol. The number of hydrogen-bond donors (Lipinski definition) is 2. The van der Waals surface area contributed by atoms with Crippen LogP contribution in [0, 0.1) is 0 Å². The van der Waals surface area contributed by atoms with Crippen molar-refractivity contribution in [2.45, 2.75) is 6.92 Å². The molecule has 2 rings (SSSR count). The zero-order valence-corrected chi connectivity index (χ0v) is 9.92. The highest BCUT2D eigenvalue weighted by Crippen LogP contribution is 2.14. The number of rotatable bonds is 4. The summed E-state index contributed by atoms with van der Waals surface area (Å²) in [5, 5.41) is 5.77. The van der Waals surface area contributed by atoms with Gasteiger partial charge in [-0.2, -0.15) is 0 Å². The van der Waals surface area contributed by atoms with Crippen LogP contribution in [0.2, 0.25) is 0 Å². The van der Waals surface area contributed by atoms with E-state index in [4.69, 9.17) is 0 Å². The van der Waals surface area contributed by atoms with E-state index in [9.17, 15) is 4.79 Å². The molecular formula is C12H13N5O. The Morgan fingerprint density at radius 1 is 1.22 bits per heavy atom. The summed E-state index contributed by atoms with van der Waals surface area (Å²) in [5.41, 5.74) is 1.22. The number of pyridine rings is 1. The minimum atomic E-state index is -0.264. The second-order valence-corrected chi connectivity index (χ2v) is 3.50. The number of nitrogens with one attached hydrogen (secondary N) is 2. The second kappa shape index (κ2) is 5.72. The van der Waals surface area contributed by atoms with Crippen LogP contribution in [-0.2, 0) is 0 Å². The van der Waals surface area contributed by atoms with Crippen molar-refractivity contribution >= 4 is 17.4 Å². The summed E-state index contributed by atoms with van der Waals surface area (Å²) in [6.07, 6.45) is 7.70. The van der Waals surface area contributed by atoms with E-state index in [0.29, 0.717) is 11.4 Å². The first kappa shape index (κ1) is 12.0. The summed E-state index contributed by atoms with van der Waals surface area (Å²) in [6.45, 7) is 2.69. The molecule has 6 nitrogen and oxygen atoms in total. The summed E-state index contributed by atoms with van der Waals surface area (Å²) in [7, 11) is 0. The number of nitrogens with zero attached hydrogens (tertiary/aromatic N) is 3. The smallest absolute Gasteiger partial charge is 0.260 e. The molecule has 92 valence electrons. The number of carbonyl (C=O) groups is 1. The van der Waals surface area contributed by atoms with Gasteiger partial charge < -0.3 is 10.6 Å². The molecule has 0 saturated carbocycles. The zero-order chi connectivity index (χ0) is 12.8. The maximum absolute atomic E-state index is 12.1. The number of hydrogen-bond acceptors (Lipinski definition) is 5. The van der Waals surface area contributed by atoms with Gasteiger partial charge in [-0.25, -0.2) is 4.98 Å². The maximum Gasteiger partial charge on any atom is 0.260 e. The summed E-state index contributed by atoms with van der Waals surface area (Å²) in [4.78, 5) is 23.9. The highest BCUT2D eigenvalue weighted by atomic mass is 16.1. The monoisotopic (exact) mass is 243 g/mol. The fourth-order valence-corrected chi connectivity index (χ4v) is 1.47. The molecule has 0 bridgehead atoms. The lowest BCUT2D eigenvalue weighted by molar-refractivity contribution is 0.102. The first-order chi connectivity index (χ1) is 8.81. The van der Waals surface area contributed by atoms with Gasteiger partial charge in [-0.3, -0.25) is 14.8 Å². The lowest BCUT2D eigenvalue weighted by Gasteiger charge is -2.09. The first-order valence-electron chi connectivity index (χ1n) is 5.56. The molecule has 2 aromatic rings. The lowest BCUT2D eigenvalue weighted by Crippen LogP contribution is -2.16. The summed E-state index contributed by atoms with van der Waals surface area (Å²) in [5.74, 6) is 0.147. The van der Waals surface area contributed by atoms with Gasteiger partial charge in [-0.15, -0.1) is 0 Å². The summed E-state index contributed by atoms with van der Waals surface area (Å²) in [6, 6.07) is 1.76. The predicted molar refractivity (Wildman–Crippen MR) is 68.4 cm³/mol. The molecule has 0 unspecified atom stereocenters. The van der Waals surface area contributed by atoms with Crippen LogP contribution in [0.5, 0.6) is 0 Å². The van der Waals surface area contributed by atoms with Crippen molar-refractivity contribution in [3.8, 4) is 0 Å². The molecule has 0 saturated heterocycles. The maximum atomic E-state index is 12.1. The van der Waals surface area contributed by atoms with E-state index >= 15 is 0 Å². The molecule has 0 radical (unpaired) electrons. The van der Waals surface area contributed by atoms with Crippen LogP contribution in [0.3, 0.4) is 0 Å². The molecule has 0 aliphatic heterocycles. The normalized spacial score (nSPS) is 9.83. The Hall–Kier alpha value is -2.50. The van der Waals surface area contributed by atoms with E-state index in [1.165, 1.54) is 18.6 Å². The molecule has 2 N–H and O–H groups in total. The Morgan fingerprint density at radius 2 is 2.06 bits per heavy atom. The SMILES string of the molecule is CCNc1ccncc1C(=O)Nc1cnccn1. The second-order valence-electron chi connectivity index (χ2n) is 3.50. The Bertz CT molecular complexity index is 529. The third-order valence-electron chi connectivity index (χ3n) is 2.24. The van der Waals surface area contributed by atoms with E-state index in [1.807, 2.05) is 6.92 Å². The van der Waals surface area contributed by atoms with Crippen LogP contribution < -0.4 is 10.6 Å². The Morgan fingerprint density at radius 3 is 2.78 bits per heavy atom. The fourth-order valence-electron chi connectivity index (χ4n) is 1.47. The van der Waals surface area contributed by atoms with E-state index in [0.717, 1.165) is 12.2 Å². The van der Waals surface area contributed by atoms with Crippen molar-refractivity contribution < 1.29 is 4.79 Å². The molecule has 2 aromatic heterocycles. The average Bonchev–Trinajstić information content (AvgIpc) is 2.41. The van der Waals surface area contributed by atoms with Gasteiger partial charge in [0.05, 0.1) is 17.4 Å². The van der Waals surface area contributed by atoms with E-state index in [-0.39, 0.29) is 5.91 Å². The van der Waals surface area contributed by atoms with E-state index in [1.54, 1.807) is 18.5 Å². The van der Waals surface area contributed by atoms with Crippen LogP contribution in [0.4, 0.5) is 11.5 Å². The first-order valence-corrected chi connectivity index (χ1v) is 5.56. The van der Waals surface area contributed by atoms with Crippen LogP contribution in [0.25, 0.3) is 0 Å². The molecule has 6 heteroatoms. The van der Waals surface area contributed by atoms with Crippen molar-refractivity contribution in [1.29, 1.82) is 0 Å². The third-order valence-corrected chi connectivity index (χ3v) is 2.24. The van der Waals surface area contributed by atoms with Crippen molar-refractivity contribution in [3.05, 3.63) is 42.6 Å². The minimum absolute atomic E-state index is 0.264. The number of amides is 1. The quantitative estimate of drug-likeness (QED) is 0.851. The Balaban J connectivity index is 2.19. The minimum Gasteiger partial charge on any atom is -0.385 e. The molecule has 0 atom stereocenters. The Kier molecular flexibility index (Phi) is 3.80. The van der Waals surface area contributed by atoms with Gasteiger partial charge in [0.2, 0.25) is 0 Å². The number of carbonyl (C=O) groups excluding carboxylic acids is 1. The average molecular weight is 243 g/mol. The van der Waals surface area contributed by atoms with E-state index in [2.05, 4.69) is 25.6 Å². The molecule has 0 fully saturated rings. The highest BCUT2D eigenvalue weighted by molar-refractivity contribution is 6.07. The third kappa shape index (κ3) is 2.79. The van der Waals surface area contributed by atoms with Crippen LogP contribution in [0.15, 0.2) is 37.1 Å². The van der Waals surface area contributed by atoms with Gasteiger partial charge in [0, 0.05) is 31.3 Å². The number of aromatic nitrogens is 3. The van der Waals surface area contributed by atoms with Crippen molar-refractivity contribution in [2.75, 3.05) is 17.2 Å². The summed E-state index contributed by atoms with van der Waals surface area (Å²) >= 11 is 0. The zero-order valence-electron chi connectivity index (χ0n) is 9.92. The van der Waals surface area contributed by atoms with Crippen LogP contribution in [0.1, 0.15) is 17.3 Å². The topological polar surface area (TPSA) is 79.8 Å². The molecule has 0 aromatic carbocycles. The van der Waals surface area contributed by atoms with Crippen molar-refractivity contribution in [2.24, 2.45) is 0 Å². The molecule has 0 aliphatic rings.